The maximum Gasteiger partial charge on any atom is 0.272 e. The molecule has 0 saturated heterocycles. The van der Waals surface area contributed by atoms with Gasteiger partial charge in [-0.05, 0) is 35.4 Å². The first-order valence-corrected chi connectivity index (χ1v) is 11.9. The zero-order chi connectivity index (χ0) is 26.2. The van der Waals surface area contributed by atoms with E-state index in [9.17, 15) is 14.0 Å². The van der Waals surface area contributed by atoms with Crippen LogP contribution in [-0.4, -0.2) is 35.1 Å². The number of halogens is 2. The van der Waals surface area contributed by atoms with E-state index in [0.717, 1.165) is 11.1 Å². The molecule has 0 unspecified atom stereocenters. The van der Waals surface area contributed by atoms with Gasteiger partial charge in [-0.15, -0.1) is 0 Å². The third-order valence-electron chi connectivity index (χ3n) is 5.83. The lowest BCUT2D eigenvalue weighted by Crippen LogP contribution is -2.24. The van der Waals surface area contributed by atoms with Crippen molar-refractivity contribution >= 4 is 17.5 Å². The van der Waals surface area contributed by atoms with E-state index in [-0.39, 0.29) is 24.4 Å². The molecule has 37 heavy (non-hydrogen) atoms. The van der Waals surface area contributed by atoms with Crippen LogP contribution in [0.25, 0.3) is 0 Å². The zero-order valence-electron chi connectivity index (χ0n) is 20.1. The Labute approximate surface area is 217 Å². The molecule has 0 fully saturated rings. The highest BCUT2D eigenvalue weighted by Gasteiger charge is 2.20. The molecule has 0 atom stereocenters. The molecule has 2 aromatic heterocycles. The highest BCUT2D eigenvalue weighted by atomic mass is 35.5. The quantitative estimate of drug-likeness (QED) is 0.271. The van der Waals surface area contributed by atoms with Crippen LogP contribution in [0.5, 0.6) is 5.75 Å². The van der Waals surface area contributed by atoms with Gasteiger partial charge in [0.05, 0.1) is 12.3 Å². The van der Waals surface area contributed by atoms with Gasteiger partial charge in [-0.2, -0.15) is 5.10 Å². The number of aromatic nitrogens is 3. The van der Waals surface area contributed by atoms with Crippen molar-refractivity contribution in [1.82, 2.24) is 20.5 Å². The minimum atomic E-state index is -0.993. The molecule has 0 saturated carbocycles. The Morgan fingerprint density at radius 1 is 1.08 bits per heavy atom. The Morgan fingerprint density at radius 2 is 1.84 bits per heavy atom. The summed E-state index contributed by atoms with van der Waals surface area (Å²) in [5.41, 5.74) is 4.72. The van der Waals surface area contributed by atoms with Crippen LogP contribution in [0.4, 0.5) is 4.39 Å². The number of carbonyl (C=O) groups excluding carboxylic acids is 1. The minimum absolute atomic E-state index is 0.0773. The standard InChI is InChI=1S/C27H26ClFN4O4/c1-36-15-23-22(12-18-6-4-17(5-7-18)11-19-3-2-10-30-26(19)34)25(33-32-23)27(35)31-14-20-13-21(28)8-9-24(20)37-16-29/h2-10,13H,11-12,14-16H2,1H3,(H,30,34)(H,31,35)(H,32,33). The first kappa shape index (κ1) is 26.1. The fraction of sp³-hybridized carbons (Fsp3) is 0.222. The van der Waals surface area contributed by atoms with E-state index in [1.165, 1.54) is 0 Å². The van der Waals surface area contributed by atoms with Gasteiger partial charge < -0.3 is 19.8 Å². The molecule has 0 aliphatic rings. The monoisotopic (exact) mass is 524 g/mol. The van der Waals surface area contributed by atoms with Crippen LogP contribution in [-0.2, 0) is 30.7 Å². The number of nitrogens with zero attached hydrogens (tertiary/aromatic N) is 1. The fourth-order valence-electron chi connectivity index (χ4n) is 3.98. The fourth-order valence-corrected chi connectivity index (χ4v) is 4.18. The highest BCUT2D eigenvalue weighted by Crippen LogP contribution is 2.24. The van der Waals surface area contributed by atoms with E-state index < -0.39 is 12.8 Å². The second-order valence-electron chi connectivity index (χ2n) is 8.35. The lowest BCUT2D eigenvalue weighted by Gasteiger charge is -2.11. The summed E-state index contributed by atoms with van der Waals surface area (Å²) in [4.78, 5) is 27.7. The Bertz CT molecular complexity index is 1420. The van der Waals surface area contributed by atoms with Gasteiger partial charge in [0.25, 0.3) is 11.5 Å². The SMILES string of the molecule is COCc1[nH]nc(C(=O)NCc2cc(Cl)ccc2OCF)c1Cc1ccc(Cc2ccc[nH]c2=O)cc1. The summed E-state index contributed by atoms with van der Waals surface area (Å²) in [6.45, 7) is -0.658. The first-order chi connectivity index (χ1) is 18.0. The van der Waals surface area contributed by atoms with Crippen LogP contribution in [0.15, 0.2) is 65.6 Å². The van der Waals surface area contributed by atoms with Gasteiger partial charge in [-0.1, -0.05) is 41.9 Å². The van der Waals surface area contributed by atoms with Gasteiger partial charge in [-0.3, -0.25) is 14.7 Å². The van der Waals surface area contributed by atoms with Crippen molar-refractivity contribution in [3.8, 4) is 5.75 Å². The van der Waals surface area contributed by atoms with Gasteiger partial charge in [0.15, 0.2) is 5.69 Å². The van der Waals surface area contributed by atoms with Gasteiger partial charge in [-0.25, -0.2) is 4.39 Å². The van der Waals surface area contributed by atoms with Gasteiger partial charge in [0, 0.05) is 54.4 Å². The number of benzene rings is 2. The van der Waals surface area contributed by atoms with Crippen LogP contribution in [0.2, 0.25) is 5.02 Å². The molecule has 2 aromatic carbocycles. The summed E-state index contributed by atoms with van der Waals surface area (Å²) in [5.74, 6) is -0.105. The Balaban J connectivity index is 1.50. The van der Waals surface area contributed by atoms with Gasteiger partial charge in [0.1, 0.15) is 5.75 Å². The molecule has 0 aliphatic carbocycles. The number of H-pyrrole nitrogens is 2. The second-order valence-corrected chi connectivity index (χ2v) is 8.78. The van der Waals surface area contributed by atoms with E-state index in [4.69, 9.17) is 21.1 Å². The number of hydrogen-bond donors (Lipinski definition) is 3. The predicted octanol–water partition coefficient (Wildman–Crippen LogP) is 4.32. The molecular formula is C27H26ClFN4O4. The van der Waals surface area contributed by atoms with E-state index in [0.29, 0.717) is 46.0 Å². The van der Waals surface area contributed by atoms with Crippen molar-refractivity contribution in [3.63, 3.8) is 0 Å². The molecule has 4 aromatic rings. The summed E-state index contributed by atoms with van der Waals surface area (Å²) in [5, 5.41) is 10.4. The number of hydrogen-bond acceptors (Lipinski definition) is 5. The number of nitrogens with one attached hydrogen (secondary N) is 3. The van der Waals surface area contributed by atoms with E-state index in [1.807, 2.05) is 24.3 Å². The summed E-state index contributed by atoms with van der Waals surface area (Å²) in [6, 6.07) is 16.2. The third kappa shape index (κ3) is 6.63. The van der Waals surface area contributed by atoms with Crippen molar-refractivity contribution in [1.29, 1.82) is 0 Å². The lowest BCUT2D eigenvalue weighted by atomic mass is 9.99. The molecule has 0 spiro atoms. The number of amides is 1. The molecular weight excluding hydrogens is 499 g/mol. The number of alkyl halides is 1. The van der Waals surface area contributed by atoms with Crippen LogP contribution in [0.3, 0.4) is 0 Å². The third-order valence-corrected chi connectivity index (χ3v) is 6.06. The van der Waals surface area contributed by atoms with Crippen LogP contribution in [0.1, 0.15) is 44.0 Å². The Hall–Kier alpha value is -3.95. The summed E-state index contributed by atoms with van der Waals surface area (Å²) < 4.78 is 23.0. The number of pyridine rings is 1. The molecule has 1 amide bonds. The normalized spacial score (nSPS) is 10.9. The summed E-state index contributed by atoms with van der Waals surface area (Å²) in [7, 11) is 1.57. The van der Waals surface area contributed by atoms with Crippen molar-refractivity contribution in [2.45, 2.75) is 26.0 Å². The van der Waals surface area contributed by atoms with Crippen molar-refractivity contribution in [3.05, 3.63) is 115 Å². The smallest absolute Gasteiger partial charge is 0.272 e. The average molecular weight is 525 g/mol. The maximum absolute atomic E-state index is 13.1. The first-order valence-electron chi connectivity index (χ1n) is 11.5. The zero-order valence-corrected chi connectivity index (χ0v) is 20.9. The van der Waals surface area contributed by atoms with Crippen molar-refractivity contribution in [2.75, 3.05) is 14.0 Å². The topological polar surface area (TPSA) is 109 Å². The van der Waals surface area contributed by atoms with Crippen molar-refractivity contribution < 1.29 is 18.7 Å². The second kappa shape index (κ2) is 12.3. The summed E-state index contributed by atoms with van der Waals surface area (Å²) >= 11 is 6.06. The molecule has 0 radical (unpaired) electrons. The number of aromatic amines is 2. The molecule has 4 rings (SSSR count). The van der Waals surface area contributed by atoms with Gasteiger partial charge >= 0.3 is 0 Å². The van der Waals surface area contributed by atoms with E-state index in [2.05, 4.69) is 20.5 Å². The lowest BCUT2D eigenvalue weighted by molar-refractivity contribution is 0.0944. The molecule has 3 N–H and O–H groups in total. The number of carbonyl (C=O) groups is 1. The maximum atomic E-state index is 13.1. The van der Waals surface area contributed by atoms with Crippen LogP contribution >= 0.6 is 11.6 Å². The largest absolute Gasteiger partial charge is 0.463 e. The predicted molar refractivity (Wildman–Crippen MR) is 138 cm³/mol. The molecule has 0 aliphatic heterocycles. The number of rotatable bonds is 11. The van der Waals surface area contributed by atoms with Crippen LogP contribution < -0.4 is 15.6 Å². The summed E-state index contributed by atoms with van der Waals surface area (Å²) in [6.07, 6.45) is 2.57. The molecule has 2 heterocycles. The van der Waals surface area contributed by atoms with Crippen molar-refractivity contribution in [2.24, 2.45) is 0 Å². The molecule has 10 heteroatoms. The van der Waals surface area contributed by atoms with Crippen LogP contribution in [0, 0.1) is 0 Å². The Kier molecular flexibility index (Phi) is 8.71. The highest BCUT2D eigenvalue weighted by molar-refractivity contribution is 6.30. The molecule has 8 nitrogen and oxygen atoms in total. The van der Waals surface area contributed by atoms with E-state index >= 15 is 0 Å². The molecule has 192 valence electrons. The molecule has 0 bridgehead atoms. The number of ether oxygens (including phenoxy) is 2. The van der Waals surface area contributed by atoms with E-state index in [1.54, 1.807) is 43.6 Å². The minimum Gasteiger partial charge on any atom is -0.463 e. The number of methoxy groups -OCH3 is 1. The Morgan fingerprint density at radius 3 is 2.54 bits per heavy atom. The van der Waals surface area contributed by atoms with Gasteiger partial charge in [0.2, 0.25) is 6.86 Å². The average Bonchev–Trinajstić information content (AvgIpc) is 3.29.